The molecular formula is C22H19ClN2O2. The Morgan fingerprint density at radius 2 is 1.22 bits per heavy atom. The number of nitrogens with zero attached hydrogens (tertiary/aromatic N) is 2. The number of aliphatic imine (C=N–C) groups is 2. The van der Waals surface area contributed by atoms with E-state index in [9.17, 15) is 0 Å². The van der Waals surface area contributed by atoms with Crippen molar-refractivity contribution in [1.29, 1.82) is 0 Å². The molecule has 0 aliphatic heterocycles. The molecule has 0 N–H and O–H groups in total. The van der Waals surface area contributed by atoms with Crippen molar-refractivity contribution in [3.8, 4) is 11.5 Å². The summed E-state index contributed by atoms with van der Waals surface area (Å²) in [4.78, 5) is 8.90. The highest BCUT2D eigenvalue weighted by Gasteiger charge is 2.00. The van der Waals surface area contributed by atoms with Gasteiger partial charge in [0.05, 0.1) is 30.6 Å². The number of rotatable bonds is 6. The first-order chi connectivity index (χ1) is 13.2. The number of hydrogen-bond acceptors (Lipinski definition) is 4. The summed E-state index contributed by atoms with van der Waals surface area (Å²) in [7, 11) is 3.28. The molecule has 0 radical (unpaired) electrons. The van der Waals surface area contributed by atoms with Crippen LogP contribution in [0.3, 0.4) is 0 Å². The Kier molecular flexibility index (Phi) is 6.23. The Morgan fingerprint density at radius 3 is 1.70 bits per heavy atom. The molecule has 0 saturated heterocycles. The maximum absolute atomic E-state index is 6.34. The van der Waals surface area contributed by atoms with Crippen molar-refractivity contribution in [2.24, 2.45) is 9.98 Å². The van der Waals surface area contributed by atoms with Gasteiger partial charge in [-0.1, -0.05) is 11.6 Å². The Morgan fingerprint density at radius 1 is 0.704 bits per heavy atom. The molecule has 0 aromatic heterocycles. The summed E-state index contributed by atoms with van der Waals surface area (Å²) in [6.07, 6.45) is 3.55. The summed E-state index contributed by atoms with van der Waals surface area (Å²) in [5.41, 5.74) is 3.40. The molecule has 136 valence electrons. The van der Waals surface area contributed by atoms with Gasteiger partial charge in [0.15, 0.2) is 0 Å². The fourth-order valence-corrected chi connectivity index (χ4v) is 2.58. The van der Waals surface area contributed by atoms with Gasteiger partial charge in [-0.2, -0.15) is 0 Å². The quantitative estimate of drug-likeness (QED) is 0.504. The van der Waals surface area contributed by atoms with Crippen LogP contribution in [-0.2, 0) is 0 Å². The maximum atomic E-state index is 6.34. The molecule has 0 aliphatic rings. The van der Waals surface area contributed by atoms with Crippen LogP contribution in [-0.4, -0.2) is 26.6 Å². The van der Waals surface area contributed by atoms with Crippen molar-refractivity contribution in [3.63, 3.8) is 0 Å². The van der Waals surface area contributed by atoms with Crippen LogP contribution in [0.1, 0.15) is 11.1 Å². The molecule has 4 nitrogen and oxygen atoms in total. The van der Waals surface area contributed by atoms with Crippen molar-refractivity contribution >= 4 is 35.4 Å². The lowest BCUT2D eigenvalue weighted by molar-refractivity contribution is 0.414. The van der Waals surface area contributed by atoms with Gasteiger partial charge >= 0.3 is 0 Å². The SMILES string of the molecule is COc1ccc(C=Nc2ccc(N=Cc3ccc(OC)cc3)c(Cl)c2)cc1. The molecule has 27 heavy (non-hydrogen) atoms. The summed E-state index contributed by atoms with van der Waals surface area (Å²) >= 11 is 6.34. The van der Waals surface area contributed by atoms with Gasteiger partial charge in [-0.05, 0) is 77.9 Å². The zero-order valence-electron chi connectivity index (χ0n) is 15.1. The van der Waals surface area contributed by atoms with Crippen molar-refractivity contribution in [3.05, 3.63) is 82.9 Å². The van der Waals surface area contributed by atoms with E-state index in [2.05, 4.69) is 9.98 Å². The van der Waals surface area contributed by atoms with Crippen LogP contribution >= 0.6 is 11.6 Å². The zero-order chi connectivity index (χ0) is 19.1. The van der Waals surface area contributed by atoms with E-state index >= 15 is 0 Å². The smallest absolute Gasteiger partial charge is 0.118 e. The monoisotopic (exact) mass is 378 g/mol. The highest BCUT2D eigenvalue weighted by molar-refractivity contribution is 6.33. The molecule has 5 heteroatoms. The van der Waals surface area contributed by atoms with E-state index in [0.717, 1.165) is 28.3 Å². The van der Waals surface area contributed by atoms with E-state index < -0.39 is 0 Å². The lowest BCUT2D eigenvalue weighted by atomic mass is 10.2. The topological polar surface area (TPSA) is 43.2 Å². The molecule has 0 spiro atoms. The van der Waals surface area contributed by atoms with Crippen LogP contribution in [0.2, 0.25) is 5.02 Å². The van der Waals surface area contributed by atoms with Crippen molar-refractivity contribution in [2.75, 3.05) is 14.2 Å². The molecule has 3 rings (SSSR count). The first-order valence-corrected chi connectivity index (χ1v) is 8.71. The largest absolute Gasteiger partial charge is 0.497 e. The average Bonchev–Trinajstić information content (AvgIpc) is 2.72. The number of benzene rings is 3. The van der Waals surface area contributed by atoms with Gasteiger partial charge in [-0.25, -0.2) is 0 Å². The van der Waals surface area contributed by atoms with E-state index in [1.54, 1.807) is 32.7 Å². The molecule has 0 saturated carbocycles. The number of hydrogen-bond donors (Lipinski definition) is 0. The predicted molar refractivity (Wildman–Crippen MR) is 112 cm³/mol. The van der Waals surface area contributed by atoms with Crippen LogP contribution in [0.15, 0.2) is 76.7 Å². The van der Waals surface area contributed by atoms with E-state index in [0.29, 0.717) is 10.7 Å². The fourth-order valence-electron chi connectivity index (χ4n) is 2.35. The van der Waals surface area contributed by atoms with Gasteiger partial charge in [-0.15, -0.1) is 0 Å². The summed E-state index contributed by atoms with van der Waals surface area (Å²) in [5, 5.41) is 0.546. The molecule has 3 aromatic rings. The molecule has 0 amide bonds. The third-order valence-corrected chi connectivity index (χ3v) is 4.18. The summed E-state index contributed by atoms with van der Waals surface area (Å²) in [6.45, 7) is 0. The third kappa shape index (κ3) is 5.19. The molecule has 0 atom stereocenters. The Balaban J connectivity index is 1.70. The standard InChI is InChI=1S/C22H19ClN2O2/c1-26-19-8-3-16(4-9-19)14-24-18-7-12-22(21(23)13-18)25-15-17-5-10-20(27-2)11-6-17/h3-15H,1-2H3. The minimum Gasteiger partial charge on any atom is -0.497 e. The minimum atomic E-state index is 0.546. The number of methoxy groups -OCH3 is 2. The lowest BCUT2D eigenvalue weighted by Gasteiger charge is -2.02. The second-order valence-corrected chi connectivity index (χ2v) is 6.11. The summed E-state index contributed by atoms with van der Waals surface area (Å²) in [5.74, 6) is 1.62. The molecular weight excluding hydrogens is 360 g/mol. The Labute approximate surface area is 163 Å². The summed E-state index contributed by atoms with van der Waals surface area (Å²) < 4.78 is 10.3. The van der Waals surface area contributed by atoms with E-state index in [1.165, 1.54) is 0 Å². The fraction of sp³-hybridized carbons (Fsp3) is 0.0909. The van der Waals surface area contributed by atoms with Crippen LogP contribution < -0.4 is 9.47 Å². The van der Waals surface area contributed by atoms with Gasteiger partial charge in [-0.3, -0.25) is 9.98 Å². The molecule has 0 heterocycles. The lowest BCUT2D eigenvalue weighted by Crippen LogP contribution is -1.84. The van der Waals surface area contributed by atoms with Crippen LogP contribution in [0.4, 0.5) is 11.4 Å². The maximum Gasteiger partial charge on any atom is 0.118 e. The van der Waals surface area contributed by atoms with Crippen LogP contribution in [0, 0.1) is 0 Å². The highest BCUT2D eigenvalue weighted by Crippen LogP contribution is 2.29. The van der Waals surface area contributed by atoms with Crippen molar-refractivity contribution in [2.45, 2.75) is 0 Å². The van der Waals surface area contributed by atoms with E-state index in [1.807, 2.05) is 60.7 Å². The predicted octanol–water partition coefficient (Wildman–Crippen LogP) is 5.86. The van der Waals surface area contributed by atoms with Crippen molar-refractivity contribution in [1.82, 2.24) is 0 Å². The molecule has 0 fully saturated rings. The molecule has 0 unspecified atom stereocenters. The number of ether oxygens (including phenoxy) is 2. The first kappa shape index (κ1) is 18.7. The minimum absolute atomic E-state index is 0.546. The van der Waals surface area contributed by atoms with Gasteiger partial charge < -0.3 is 9.47 Å². The second-order valence-electron chi connectivity index (χ2n) is 5.70. The van der Waals surface area contributed by atoms with E-state index in [-0.39, 0.29) is 0 Å². The Hall–Kier alpha value is -3.11. The van der Waals surface area contributed by atoms with Gasteiger partial charge in [0, 0.05) is 12.4 Å². The van der Waals surface area contributed by atoms with Gasteiger partial charge in [0.1, 0.15) is 11.5 Å². The zero-order valence-corrected chi connectivity index (χ0v) is 15.9. The van der Waals surface area contributed by atoms with Gasteiger partial charge in [0.2, 0.25) is 0 Å². The van der Waals surface area contributed by atoms with E-state index in [4.69, 9.17) is 21.1 Å². The molecule has 0 aliphatic carbocycles. The summed E-state index contributed by atoms with van der Waals surface area (Å²) in [6, 6.07) is 20.8. The first-order valence-electron chi connectivity index (χ1n) is 8.34. The van der Waals surface area contributed by atoms with Gasteiger partial charge in [0.25, 0.3) is 0 Å². The Bertz CT molecular complexity index is 949. The highest BCUT2D eigenvalue weighted by atomic mass is 35.5. The van der Waals surface area contributed by atoms with Crippen molar-refractivity contribution < 1.29 is 9.47 Å². The average molecular weight is 379 g/mol. The van der Waals surface area contributed by atoms with Crippen LogP contribution in [0.5, 0.6) is 11.5 Å². The van der Waals surface area contributed by atoms with Crippen LogP contribution in [0.25, 0.3) is 0 Å². The third-order valence-electron chi connectivity index (χ3n) is 3.88. The molecule has 0 bridgehead atoms. The second kappa shape index (κ2) is 9.01. The number of halogens is 1. The normalized spacial score (nSPS) is 11.2. The molecule has 3 aromatic carbocycles.